The highest BCUT2D eigenvalue weighted by Crippen LogP contribution is 2.22. The number of anilines is 2. The predicted molar refractivity (Wildman–Crippen MR) is 136 cm³/mol. The predicted octanol–water partition coefficient (Wildman–Crippen LogP) is 3.70. The van der Waals surface area contributed by atoms with Crippen LogP contribution in [-0.2, 0) is 13.0 Å². The first-order chi connectivity index (χ1) is 17.7. The molecule has 180 valence electrons. The fourth-order valence-corrected chi connectivity index (χ4v) is 3.86. The van der Waals surface area contributed by atoms with E-state index in [0.717, 1.165) is 39.2 Å². The van der Waals surface area contributed by atoms with Crippen LogP contribution in [0.3, 0.4) is 0 Å². The minimum Gasteiger partial charge on any atom is -0.451 e. The smallest absolute Gasteiger partial charge is 0.251 e. The summed E-state index contributed by atoms with van der Waals surface area (Å²) in [7, 11) is 1.63. The number of hydrogen-bond acceptors (Lipinski definition) is 9. The number of benzene rings is 1. The van der Waals surface area contributed by atoms with Gasteiger partial charge in [-0.15, -0.1) is 0 Å². The van der Waals surface area contributed by atoms with Crippen molar-refractivity contribution >= 4 is 28.4 Å². The molecule has 10 heteroatoms. The third-order valence-corrected chi connectivity index (χ3v) is 5.69. The Morgan fingerprint density at radius 3 is 2.72 bits per heavy atom. The summed E-state index contributed by atoms with van der Waals surface area (Å²) in [5.74, 6) is 1.32. The Bertz CT molecular complexity index is 1470. The lowest BCUT2D eigenvalue weighted by Crippen LogP contribution is -2.18. The molecular weight excluding hydrogens is 456 g/mol. The van der Waals surface area contributed by atoms with Gasteiger partial charge in [-0.05, 0) is 30.2 Å². The van der Waals surface area contributed by atoms with Crippen molar-refractivity contribution in [1.29, 1.82) is 0 Å². The third-order valence-electron chi connectivity index (χ3n) is 5.69. The average molecular weight is 481 g/mol. The largest absolute Gasteiger partial charge is 0.451 e. The molecule has 5 aromatic rings. The molecule has 0 radical (unpaired) electrons. The number of pyridine rings is 2. The van der Waals surface area contributed by atoms with Gasteiger partial charge in [-0.2, -0.15) is 0 Å². The molecule has 0 unspecified atom stereocenters. The molecule has 0 saturated carbocycles. The van der Waals surface area contributed by atoms with Gasteiger partial charge in [0.2, 0.25) is 0 Å². The second kappa shape index (κ2) is 10.6. The number of oxazole rings is 1. The molecule has 5 rings (SSSR count). The van der Waals surface area contributed by atoms with Gasteiger partial charge >= 0.3 is 0 Å². The highest BCUT2D eigenvalue weighted by molar-refractivity contribution is 6.06. The van der Waals surface area contributed by atoms with Crippen molar-refractivity contribution < 1.29 is 9.21 Å². The van der Waals surface area contributed by atoms with Crippen LogP contribution in [0.25, 0.3) is 22.2 Å². The van der Waals surface area contributed by atoms with Crippen molar-refractivity contribution in [2.24, 2.45) is 0 Å². The number of nitrogens with one attached hydrogen (secondary N) is 3. The van der Waals surface area contributed by atoms with Crippen molar-refractivity contribution in [3.8, 4) is 11.3 Å². The first-order valence-corrected chi connectivity index (χ1v) is 11.4. The molecule has 10 nitrogen and oxygen atoms in total. The Hall–Kier alpha value is -4.86. The summed E-state index contributed by atoms with van der Waals surface area (Å²) in [6, 6.07) is 13.4. The molecule has 0 aliphatic heterocycles. The zero-order valence-electron chi connectivity index (χ0n) is 19.6. The minimum absolute atomic E-state index is 0.125. The maximum Gasteiger partial charge on any atom is 0.251 e. The Kier molecular flexibility index (Phi) is 6.74. The number of amides is 1. The average Bonchev–Trinajstić information content (AvgIpc) is 3.46. The lowest BCUT2D eigenvalue weighted by molar-refractivity contribution is 0.0964. The fraction of sp³-hybridized carbons (Fsp3) is 0.154. The van der Waals surface area contributed by atoms with E-state index in [0.29, 0.717) is 30.9 Å². The molecular formula is C26H24N8O2. The van der Waals surface area contributed by atoms with Crippen LogP contribution in [0.5, 0.6) is 0 Å². The highest BCUT2D eigenvalue weighted by atomic mass is 16.3. The van der Waals surface area contributed by atoms with Crippen molar-refractivity contribution in [2.75, 3.05) is 24.2 Å². The lowest BCUT2D eigenvalue weighted by Gasteiger charge is -2.10. The van der Waals surface area contributed by atoms with E-state index in [1.54, 1.807) is 31.8 Å². The maximum absolute atomic E-state index is 12.2. The number of para-hydroxylation sites is 1. The van der Waals surface area contributed by atoms with Gasteiger partial charge in [0.25, 0.3) is 5.91 Å². The molecule has 0 atom stereocenters. The maximum atomic E-state index is 12.2. The number of nitrogens with zero attached hydrogens (tertiary/aromatic N) is 5. The Balaban J connectivity index is 1.23. The Morgan fingerprint density at radius 1 is 0.972 bits per heavy atom. The topological polar surface area (TPSA) is 131 Å². The van der Waals surface area contributed by atoms with Gasteiger partial charge in [-0.25, -0.2) is 19.9 Å². The van der Waals surface area contributed by atoms with Crippen LogP contribution < -0.4 is 16.0 Å². The number of fused-ring (bicyclic) bond motifs is 1. The summed E-state index contributed by atoms with van der Waals surface area (Å²) in [6.45, 7) is 1.17. The van der Waals surface area contributed by atoms with Crippen molar-refractivity contribution in [3.63, 3.8) is 0 Å². The summed E-state index contributed by atoms with van der Waals surface area (Å²) >= 11 is 0. The highest BCUT2D eigenvalue weighted by Gasteiger charge is 2.11. The molecule has 0 bridgehead atoms. The number of aromatic nitrogens is 5. The van der Waals surface area contributed by atoms with E-state index in [1.165, 1.54) is 12.7 Å². The zero-order valence-corrected chi connectivity index (χ0v) is 19.6. The molecule has 4 heterocycles. The number of hydrogen-bond donors (Lipinski definition) is 3. The van der Waals surface area contributed by atoms with Gasteiger partial charge in [0.05, 0.1) is 29.0 Å². The minimum atomic E-state index is -0.125. The molecule has 4 aromatic heterocycles. The molecule has 0 aliphatic rings. The van der Waals surface area contributed by atoms with E-state index in [9.17, 15) is 4.79 Å². The molecule has 0 saturated heterocycles. The van der Waals surface area contributed by atoms with Crippen molar-refractivity contribution in [3.05, 3.63) is 90.7 Å². The van der Waals surface area contributed by atoms with Gasteiger partial charge in [0, 0.05) is 43.0 Å². The van der Waals surface area contributed by atoms with Crippen LogP contribution in [0.15, 0.2) is 78.3 Å². The van der Waals surface area contributed by atoms with Crippen LogP contribution in [-0.4, -0.2) is 44.4 Å². The van der Waals surface area contributed by atoms with Gasteiger partial charge in [-0.3, -0.25) is 9.78 Å². The molecule has 0 fully saturated rings. The number of rotatable bonds is 9. The fourth-order valence-electron chi connectivity index (χ4n) is 3.86. The first-order valence-electron chi connectivity index (χ1n) is 11.4. The molecule has 0 aliphatic carbocycles. The molecule has 0 spiro atoms. The Labute approximate surface area is 207 Å². The zero-order chi connectivity index (χ0) is 24.7. The van der Waals surface area contributed by atoms with Gasteiger partial charge in [-0.1, -0.05) is 18.2 Å². The van der Waals surface area contributed by atoms with Crippen LogP contribution in [0, 0.1) is 0 Å². The number of carbonyl (C=O) groups excluding carboxylic acids is 1. The molecule has 1 aromatic carbocycles. The lowest BCUT2D eigenvalue weighted by atomic mass is 10.0. The van der Waals surface area contributed by atoms with Crippen molar-refractivity contribution in [1.82, 2.24) is 30.2 Å². The summed E-state index contributed by atoms with van der Waals surface area (Å²) in [5.41, 5.74) is 4.95. The quantitative estimate of drug-likeness (QED) is 0.289. The normalized spacial score (nSPS) is 10.8. The molecule has 3 N–H and O–H groups in total. The van der Waals surface area contributed by atoms with E-state index in [1.807, 2.05) is 36.4 Å². The van der Waals surface area contributed by atoms with Gasteiger partial charge in [0.1, 0.15) is 24.2 Å². The Morgan fingerprint density at radius 2 is 1.92 bits per heavy atom. The second-order valence-corrected chi connectivity index (χ2v) is 7.98. The van der Waals surface area contributed by atoms with Crippen LogP contribution in [0.2, 0.25) is 0 Å². The van der Waals surface area contributed by atoms with Gasteiger partial charge < -0.3 is 20.4 Å². The van der Waals surface area contributed by atoms with E-state index in [-0.39, 0.29) is 5.91 Å². The van der Waals surface area contributed by atoms with Crippen LogP contribution >= 0.6 is 0 Å². The van der Waals surface area contributed by atoms with Crippen LogP contribution in [0.4, 0.5) is 11.6 Å². The molecule has 1 amide bonds. The first kappa shape index (κ1) is 22.9. The van der Waals surface area contributed by atoms with E-state index >= 15 is 0 Å². The monoisotopic (exact) mass is 480 g/mol. The summed E-state index contributed by atoms with van der Waals surface area (Å²) in [4.78, 5) is 34.0. The van der Waals surface area contributed by atoms with E-state index < -0.39 is 0 Å². The molecule has 36 heavy (non-hydrogen) atoms. The van der Waals surface area contributed by atoms with E-state index in [2.05, 4.69) is 40.9 Å². The summed E-state index contributed by atoms with van der Waals surface area (Å²) in [6.07, 6.45) is 8.68. The van der Waals surface area contributed by atoms with Crippen LogP contribution in [0.1, 0.15) is 21.6 Å². The van der Waals surface area contributed by atoms with E-state index in [4.69, 9.17) is 4.42 Å². The summed E-state index contributed by atoms with van der Waals surface area (Å²) in [5, 5.41) is 10.1. The third kappa shape index (κ3) is 5.12. The number of carbonyl (C=O) groups is 1. The van der Waals surface area contributed by atoms with Gasteiger partial charge in [0.15, 0.2) is 6.39 Å². The summed E-state index contributed by atoms with van der Waals surface area (Å²) < 4.78 is 4.97. The van der Waals surface area contributed by atoms with Crippen molar-refractivity contribution in [2.45, 2.75) is 13.0 Å². The SMILES string of the molecule is CNC(=O)c1ccnc2c(CCNc3cc(-c4ccc(NCc5cocn5)nc4)ncn3)cccc12. The standard InChI is InChI=1S/C26H24N8O2/c1-27-26(35)21-8-10-29-25-17(3-2-4-20(21)25)7-9-28-24-11-22(32-15-33-24)18-5-6-23(30-12-18)31-13-19-14-36-16-34-19/h2-6,8,10-12,14-16H,7,9,13H2,1H3,(H,27,35)(H,30,31)(H,28,32,33). The second-order valence-electron chi connectivity index (χ2n) is 7.98.